The molecule has 0 bridgehead atoms. The Morgan fingerprint density at radius 3 is 2.68 bits per heavy atom. The molecule has 0 saturated heterocycles. The predicted octanol–water partition coefficient (Wildman–Crippen LogP) is 2.80. The molecule has 0 unspecified atom stereocenters. The van der Waals surface area contributed by atoms with Crippen molar-refractivity contribution in [3.63, 3.8) is 0 Å². The molecule has 0 aliphatic carbocycles. The second kappa shape index (κ2) is 5.94. The van der Waals surface area contributed by atoms with Gasteiger partial charge in [0.15, 0.2) is 0 Å². The number of amides is 1. The first kappa shape index (κ1) is 14.2. The van der Waals surface area contributed by atoms with E-state index in [1.54, 1.807) is 31.3 Å². The van der Waals surface area contributed by atoms with Crippen LogP contribution in [0.2, 0.25) is 0 Å². The number of anilines is 2. The van der Waals surface area contributed by atoms with Gasteiger partial charge in [-0.1, -0.05) is 0 Å². The van der Waals surface area contributed by atoms with Crippen molar-refractivity contribution in [1.82, 2.24) is 14.6 Å². The average Bonchev–Trinajstić information content (AvgIpc) is 3.17. The highest BCUT2D eigenvalue weighted by atomic mass is 32.1. The van der Waals surface area contributed by atoms with Crippen molar-refractivity contribution < 1.29 is 9.21 Å². The van der Waals surface area contributed by atoms with Gasteiger partial charge in [-0.25, -0.2) is 0 Å². The van der Waals surface area contributed by atoms with Crippen LogP contribution in [0.25, 0.3) is 11.5 Å². The number of nitrogens with zero attached hydrogens (tertiary/aromatic N) is 3. The lowest BCUT2D eigenvalue weighted by molar-refractivity contribution is 0.102. The Labute approximate surface area is 130 Å². The monoisotopic (exact) mass is 315 g/mol. The molecule has 3 aromatic rings. The summed E-state index contributed by atoms with van der Waals surface area (Å²) in [5.74, 6) is 0.245. The molecule has 0 spiro atoms. The summed E-state index contributed by atoms with van der Waals surface area (Å²) in [4.78, 5) is 12.4. The first-order valence-corrected chi connectivity index (χ1v) is 7.28. The summed E-state index contributed by atoms with van der Waals surface area (Å²) in [6.45, 7) is 1.81. The van der Waals surface area contributed by atoms with Crippen LogP contribution in [-0.2, 0) is 0 Å². The molecule has 1 aromatic carbocycles. The summed E-state index contributed by atoms with van der Waals surface area (Å²) in [6.07, 6.45) is 1.27. The number of carbonyl (C=O) groups is 1. The molecule has 2 heterocycles. The van der Waals surface area contributed by atoms with E-state index in [1.165, 1.54) is 17.9 Å². The van der Waals surface area contributed by atoms with E-state index in [2.05, 4.69) is 25.2 Å². The molecule has 0 aliphatic heterocycles. The lowest BCUT2D eigenvalue weighted by atomic mass is 10.2. The molecule has 1 amide bonds. The minimum Gasteiger partial charge on any atom is -0.423 e. The van der Waals surface area contributed by atoms with E-state index < -0.39 is 0 Å². The molecule has 2 aromatic heterocycles. The fraction of sp³-hybridized carbons (Fsp3) is 0.143. The number of carbonyl (C=O) groups excluding carboxylic acids is 1. The molecule has 0 aliphatic rings. The van der Waals surface area contributed by atoms with Crippen LogP contribution < -0.4 is 10.6 Å². The molecule has 112 valence electrons. The number of rotatable bonds is 4. The Bertz CT molecular complexity index is 780. The summed E-state index contributed by atoms with van der Waals surface area (Å²) in [6, 6.07) is 7.18. The fourth-order valence-electron chi connectivity index (χ4n) is 2.00. The van der Waals surface area contributed by atoms with Crippen LogP contribution in [0.15, 0.2) is 35.1 Å². The molecule has 0 atom stereocenters. The van der Waals surface area contributed by atoms with Gasteiger partial charge in [0.2, 0.25) is 12.3 Å². The number of nitrogens with one attached hydrogen (secondary N) is 2. The van der Waals surface area contributed by atoms with Crippen LogP contribution in [0.3, 0.4) is 0 Å². The van der Waals surface area contributed by atoms with Crippen molar-refractivity contribution in [3.05, 3.63) is 41.9 Å². The first-order valence-electron chi connectivity index (χ1n) is 6.51. The van der Waals surface area contributed by atoms with Crippen LogP contribution in [0.1, 0.15) is 16.1 Å². The summed E-state index contributed by atoms with van der Waals surface area (Å²) < 4.78 is 9.31. The van der Waals surface area contributed by atoms with Crippen LogP contribution in [-0.4, -0.2) is 27.5 Å². The van der Waals surface area contributed by atoms with Crippen LogP contribution in [0.4, 0.5) is 10.7 Å². The minimum absolute atomic E-state index is 0.193. The maximum atomic E-state index is 12.4. The summed E-state index contributed by atoms with van der Waals surface area (Å²) in [5.41, 5.74) is 2.74. The highest BCUT2D eigenvalue weighted by Crippen LogP contribution is 2.25. The molecule has 22 heavy (non-hydrogen) atoms. The predicted molar refractivity (Wildman–Crippen MR) is 84.1 cm³/mol. The van der Waals surface area contributed by atoms with E-state index in [9.17, 15) is 4.79 Å². The molecular weight excluding hydrogens is 302 g/mol. The molecule has 3 rings (SSSR count). The van der Waals surface area contributed by atoms with Gasteiger partial charge in [-0.05, 0) is 42.7 Å². The second-order valence-corrected chi connectivity index (χ2v) is 5.27. The lowest BCUT2D eigenvalue weighted by Crippen LogP contribution is -2.13. The van der Waals surface area contributed by atoms with Gasteiger partial charge >= 0.3 is 0 Å². The smallest absolute Gasteiger partial charge is 0.260 e. The van der Waals surface area contributed by atoms with Crippen molar-refractivity contribution in [3.8, 4) is 11.5 Å². The van der Waals surface area contributed by atoms with Gasteiger partial charge < -0.3 is 15.1 Å². The van der Waals surface area contributed by atoms with Gasteiger partial charge in [0.05, 0.1) is 11.3 Å². The van der Waals surface area contributed by atoms with Gasteiger partial charge in [-0.2, -0.15) is 4.37 Å². The zero-order valence-corrected chi connectivity index (χ0v) is 12.8. The van der Waals surface area contributed by atoms with E-state index in [0.717, 1.165) is 10.6 Å². The van der Waals surface area contributed by atoms with E-state index in [1.807, 2.05) is 6.92 Å². The Balaban J connectivity index is 1.78. The standard InChI is InChI=1S/C14H13N5O2S/c1-8-11(14(15-2)22-19-8)12(20)17-10-5-3-9(4-6-10)13-18-16-7-21-13/h3-7,15H,1-2H3,(H,17,20). The average molecular weight is 315 g/mol. The summed E-state index contributed by atoms with van der Waals surface area (Å²) >= 11 is 1.27. The Hall–Kier alpha value is -2.74. The highest BCUT2D eigenvalue weighted by molar-refractivity contribution is 7.10. The molecule has 8 heteroatoms. The molecule has 0 fully saturated rings. The minimum atomic E-state index is -0.193. The molecule has 0 saturated carbocycles. The zero-order chi connectivity index (χ0) is 15.5. The fourth-order valence-corrected chi connectivity index (χ4v) is 2.74. The van der Waals surface area contributed by atoms with Gasteiger partial charge in [0.1, 0.15) is 5.00 Å². The van der Waals surface area contributed by atoms with Gasteiger partial charge in [0, 0.05) is 18.3 Å². The molecular formula is C14H13N5O2S. The number of aromatic nitrogens is 3. The van der Waals surface area contributed by atoms with Crippen molar-refractivity contribution in [2.75, 3.05) is 17.7 Å². The molecule has 2 N–H and O–H groups in total. The Morgan fingerprint density at radius 1 is 1.27 bits per heavy atom. The Morgan fingerprint density at radius 2 is 2.05 bits per heavy atom. The highest BCUT2D eigenvalue weighted by Gasteiger charge is 2.17. The maximum absolute atomic E-state index is 12.4. The van der Waals surface area contributed by atoms with Gasteiger partial charge in [0.25, 0.3) is 5.91 Å². The lowest BCUT2D eigenvalue weighted by Gasteiger charge is -2.06. The normalized spacial score (nSPS) is 10.5. The Kier molecular flexibility index (Phi) is 3.84. The largest absolute Gasteiger partial charge is 0.423 e. The van der Waals surface area contributed by atoms with Crippen LogP contribution >= 0.6 is 11.5 Å². The third-order valence-electron chi connectivity index (χ3n) is 3.07. The van der Waals surface area contributed by atoms with Crippen molar-refractivity contribution in [1.29, 1.82) is 0 Å². The summed E-state index contributed by atoms with van der Waals surface area (Å²) in [7, 11) is 1.77. The van der Waals surface area contributed by atoms with Crippen molar-refractivity contribution >= 4 is 28.1 Å². The zero-order valence-electron chi connectivity index (χ0n) is 12.0. The number of benzene rings is 1. The van der Waals surface area contributed by atoms with Gasteiger partial charge in [-0.15, -0.1) is 10.2 Å². The second-order valence-electron chi connectivity index (χ2n) is 4.50. The van der Waals surface area contributed by atoms with E-state index in [4.69, 9.17) is 4.42 Å². The third kappa shape index (κ3) is 2.68. The molecule has 7 nitrogen and oxygen atoms in total. The topological polar surface area (TPSA) is 92.9 Å². The SMILES string of the molecule is CNc1snc(C)c1C(=O)Nc1ccc(-c2nnco2)cc1. The van der Waals surface area contributed by atoms with Crippen LogP contribution in [0, 0.1) is 6.92 Å². The van der Waals surface area contributed by atoms with Gasteiger partial charge in [-0.3, -0.25) is 4.79 Å². The van der Waals surface area contributed by atoms with Crippen LogP contribution in [0.5, 0.6) is 0 Å². The van der Waals surface area contributed by atoms with E-state index in [-0.39, 0.29) is 5.91 Å². The van der Waals surface area contributed by atoms with Crippen molar-refractivity contribution in [2.45, 2.75) is 6.92 Å². The first-order chi connectivity index (χ1) is 10.7. The quantitative estimate of drug-likeness (QED) is 0.769. The summed E-state index contributed by atoms with van der Waals surface area (Å²) in [5, 5.41) is 14.0. The number of hydrogen-bond donors (Lipinski definition) is 2. The number of aryl methyl sites for hydroxylation is 1. The maximum Gasteiger partial charge on any atom is 0.260 e. The third-order valence-corrected chi connectivity index (χ3v) is 4.02. The number of hydrogen-bond acceptors (Lipinski definition) is 7. The van der Waals surface area contributed by atoms with E-state index >= 15 is 0 Å². The van der Waals surface area contributed by atoms with E-state index in [0.29, 0.717) is 22.8 Å². The molecule has 0 radical (unpaired) electrons. The van der Waals surface area contributed by atoms with Crippen molar-refractivity contribution in [2.24, 2.45) is 0 Å².